The van der Waals surface area contributed by atoms with Gasteiger partial charge >= 0.3 is 0 Å². The molecule has 1 unspecified atom stereocenters. The molecule has 0 saturated heterocycles. The molecular formula is C16H15BrCl3N. The van der Waals surface area contributed by atoms with Crippen molar-refractivity contribution in [3.05, 3.63) is 67.1 Å². The van der Waals surface area contributed by atoms with E-state index in [2.05, 4.69) is 28.2 Å². The number of rotatable bonds is 5. The normalized spacial score (nSPS) is 12.4. The van der Waals surface area contributed by atoms with Crippen molar-refractivity contribution in [3.63, 3.8) is 0 Å². The predicted molar refractivity (Wildman–Crippen MR) is 95.8 cm³/mol. The number of nitrogens with one attached hydrogen (secondary N) is 1. The van der Waals surface area contributed by atoms with Gasteiger partial charge in [-0.25, -0.2) is 0 Å². The van der Waals surface area contributed by atoms with Crippen LogP contribution >= 0.6 is 50.7 Å². The van der Waals surface area contributed by atoms with Gasteiger partial charge in [-0.3, -0.25) is 0 Å². The molecule has 0 heterocycles. The van der Waals surface area contributed by atoms with Gasteiger partial charge in [0.1, 0.15) is 0 Å². The molecule has 2 rings (SSSR count). The summed E-state index contributed by atoms with van der Waals surface area (Å²) in [6.07, 6.45) is 1.02. The zero-order valence-corrected chi connectivity index (χ0v) is 15.3. The molecule has 2 aromatic carbocycles. The fraction of sp³-hybridized carbons (Fsp3) is 0.250. The molecule has 0 spiro atoms. The molecule has 0 aliphatic heterocycles. The quantitative estimate of drug-likeness (QED) is 0.597. The van der Waals surface area contributed by atoms with Crippen molar-refractivity contribution in [1.82, 2.24) is 5.32 Å². The largest absolute Gasteiger partial charge is 0.306 e. The Morgan fingerprint density at radius 2 is 1.86 bits per heavy atom. The third-order valence-corrected chi connectivity index (χ3v) is 5.04. The molecule has 0 aliphatic carbocycles. The molecule has 0 saturated carbocycles. The van der Waals surface area contributed by atoms with Crippen LogP contribution in [0.25, 0.3) is 0 Å². The maximum Gasteiger partial charge on any atom is 0.0606 e. The highest BCUT2D eigenvalue weighted by Crippen LogP contribution is 2.36. The van der Waals surface area contributed by atoms with Gasteiger partial charge in [0.2, 0.25) is 0 Å². The van der Waals surface area contributed by atoms with E-state index in [4.69, 9.17) is 34.8 Å². The molecule has 2 aromatic rings. The first kappa shape index (κ1) is 17.1. The van der Waals surface area contributed by atoms with Crippen molar-refractivity contribution >= 4 is 50.7 Å². The molecule has 0 aliphatic rings. The molecule has 1 nitrogen and oxygen atoms in total. The maximum atomic E-state index is 6.44. The molecule has 0 amide bonds. The second kappa shape index (κ2) is 7.85. The second-order valence-corrected chi connectivity index (χ2v) is 6.77. The maximum absolute atomic E-state index is 6.44. The van der Waals surface area contributed by atoms with Crippen LogP contribution in [0.5, 0.6) is 0 Å². The Balaban J connectivity index is 2.49. The van der Waals surface area contributed by atoms with Crippen LogP contribution in [-0.4, -0.2) is 6.54 Å². The predicted octanol–water partition coefficient (Wildman–Crippen LogP) is 6.50. The van der Waals surface area contributed by atoms with Crippen molar-refractivity contribution in [2.24, 2.45) is 0 Å². The van der Waals surface area contributed by atoms with Gasteiger partial charge in [-0.1, -0.05) is 59.9 Å². The average molecular weight is 408 g/mol. The first-order valence-electron chi connectivity index (χ1n) is 6.66. The first-order chi connectivity index (χ1) is 10.0. The summed E-state index contributed by atoms with van der Waals surface area (Å²) in [6.45, 7) is 2.99. The minimum Gasteiger partial charge on any atom is -0.306 e. The van der Waals surface area contributed by atoms with Gasteiger partial charge in [-0.15, -0.1) is 0 Å². The summed E-state index contributed by atoms with van der Waals surface area (Å²) in [4.78, 5) is 0. The molecule has 5 heteroatoms. The van der Waals surface area contributed by atoms with Gasteiger partial charge in [0.15, 0.2) is 0 Å². The molecule has 0 bridgehead atoms. The van der Waals surface area contributed by atoms with Crippen molar-refractivity contribution < 1.29 is 0 Å². The summed E-state index contributed by atoms with van der Waals surface area (Å²) < 4.78 is 0.870. The van der Waals surface area contributed by atoms with Crippen LogP contribution in [0.1, 0.15) is 30.5 Å². The summed E-state index contributed by atoms with van der Waals surface area (Å²) in [5.41, 5.74) is 1.96. The molecule has 0 fully saturated rings. The highest BCUT2D eigenvalue weighted by Gasteiger charge is 2.20. The van der Waals surface area contributed by atoms with Crippen LogP contribution in [0, 0.1) is 0 Å². The Morgan fingerprint density at radius 3 is 2.52 bits per heavy atom. The fourth-order valence-electron chi connectivity index (χ4n) is 2.16. The van der Waals surface area contributed by atoms with E-state index in [-0.39, 0.29) is 6.04 Å². The van der Waals surface area contributed by atoms with Gasteiger partial charge in [-0.2, -0.15) is 0 Å². The summed E-state index contributed by atoms with van der Waals surface area (Å²) in [5, 5.41) is 5.44. The van der Waals surface area contributed by atoms with Crippen molar-refractivity contribution in [2.75, 3.05) is 6.54 Å². The van der Waals surface area contributed by atoms with E-state index in [1.54, 1.807) is 6.07 Å². The van der Waals surface area contributed by atoms with Crippen molar-refractivity contribution in [2.45, 2.75) is 19.4 Å². The van der Waals surface area contributed by atoms with E-state index in [9.17, 15) is 0 Å². The van der Waals surface area contributed by atoms with Gasteiger partial charge in [-0.05, 0) is 58.2 Å². The lowest BCUT2D eigenvalue weighted by atomic mass is 9.98. The minimum atomic E-state index is -0.0697. The fourth-order valence-corrected chi connectivity index (χ4v) is 3.29. The number of halogens is 4. The smallest absolute Gasteiger partial charge is 0.0606 e. The number of benzene rings is 2. The van der Waals surface area contributed by atoms with Gasteiger partial charge < -0.3 is 5.32 Å². The summed E-state index contributed by atoms with van der Waals surface area (Å²) >= 11 is 22.3. The van der Waals surface area contributed by atoms with Gasteiger partial charge in [0, 0.05) is 14.5 Å². The Kier molecular flexibility index (Phi) is 6.39. The standard InChI is InChI=1S/C16H15BrCl3N/c1-2-8-21-16(11-7-6-10(18)9-14(11)19)12-4-3-5-13(17)15(12)20/h3-7,9,16,21H,2,8H2,1H3. The molecule has 21 heavy (non-hydrogen) atoms. The van der Waals surface area contributed by atoms with Crippen LogP contribution < -0.4 is 5.32 Å². The topological polar surface area (TPSA) is 12.0 Å². The Bertz CT molecular complexity index is 631. The average Bonchev–Trinajstić information content (AvgIpc) is 2.45. The van der Waals surface area contributed by atoms with E-state index in [1.807, 2.05) is 30.3 Å². The zero-order valence-electron chi connectivity index (χ0n) is 11.5. The van der Waals surface area contributed by atoms with Crippen LogP contribution in [0.15, 0.2) is 40.9 Å². The lowest BCUT2D eigenvalue weighted by Crippen LogP contribution is -2.23. The lowest BCUT2D eigenvalue weighted by molar-refractivity contribution is 0.598. The summed E-state index contributed by atoms with van der Waals surface area (Å²) in [5.74, 6) is 0. The minimum absolute atomic E-state index is 0.0697. The Hall–Kier alpha value is -0.250. The Labute approximate surface area is 148 Å². The van der Waals surface area contributed by atoms with E-state index in [0.717, 1.165) is 28.6 Å². The van der Waals surface area contributed by atoms with Gasteiger partial charge in [0.25, 0.3) is 0 Å². The third kappa shape index (κ3) is 4.14. The monoisotopic (exact) mass is 405 g/mol. The number of hydrogen-bond donors (Lipinski definition) is 1. The van der Waals surface area contributed by atoms with E-state index >= 15 is 0 Å². The van der Waals surface area contributed by atoms with Crippen LogP contribution in [0.4, 0.5) is 0 Å². The highest BCUT2D eigenvalue weighted by molar-refractivity contribution is 9.10. The van der Waals surface area contributed by atoms with E-state index in [1.165, 1.54) is 0 Å². The van der Waals surface area contributed by atoms with Gasteiger partial charge in [0.05, 0.1) is 11.1 Å². The second-order valence-electron chi connectivity index (χ2n) is 4.70. The van der Waals surface area contributed by atoms with Crippen LogP contribution in [-0.2, 0) is 0 Å². The zero-order chi connectivity index (χ0) is 15.4. The lowest BCUT2D eigenvalue weighted by Gasteiger charge is -2.22. The summed E-state index contributed by atoms with van der Waals surface area (Å²) in [7, 11) is 0. The molecule has 0 aromatic heterocycles. The molecule has 1 N–H and O–H groups in total. The van der Waals surface area contributed by atoms with E-state index in [0.29, 0.717) is 15.1 Å². The van der Waals surface area contributed by atoms with Crippen molar-refractivity contribution in [1.29, 1.82) is 0 Å². The molecule has 112 valence electrons. The SMILES string of the molecule is CCCNC(c1ccc(Cl)cc1Cl)c1cccc(Br)c1Cl. The summed E-state index contributed by atoms with van der Waals surface area (Å²) in [6, 6.07) is 11.4. The van der Waals surface area contributed by atoms with Crippen LogP contribution in [0.3, 0.4) is 0 Å². The Morgan fingerprint density at radius 1 is 1.10 bits per heavy atom. The first-order valence-corrected chi connectivity index (χ1v) is 8.59. The number of hydrogen-bond acceptors (Lipinski definition) is 1. The highest BCUT2D eigenvalue weighted by atomic mass is 79.9. The van der Waals surface area contributed by atoms with Crippen molar-refractivity contribution in [3.8, 4) is 0 Å². The van der Waals surface area contributed by atoms with Crippen LogP contribution in [0.2, 0.25) is 15.1 Å². The van der Waals surface area contributed by atoms with E-state index < -0.39 is 0 Å². The third-order valence-electron chi connectivity index (χ3n) is 3.16. The molecule has 0 radical (unpaired) electrons. The molecular weight excluding hydrogens is 392 g/mol. The molecule has 1 atom stereocenters.